The summed E-state index contributed by atoms with van der Waals surface area (Å²) < 4.78 is 5.30. The average Bonchev–Trinajstić information content (AvgIpc) is 3.20. The van der Waals surface area contributed by atoms with E-state index in [4.69, 9.17) is 4.74 Å². The van der Waals surface area contributed by atoms with E-state index in [1.807, 2.05) is 60.7 Å². The highest BCUT2D eigenvalue weighted by Crippen LogP contribution is 2.38. The van der Waals surface area contributed by atoms with Gasteiger partial charge < -0.3 is 15.0 Å². The van der Waals surface area contributed by atoms with Crippen molar-refractivity contribution in [3.8, 4) is 0 Å². The van der Waals surface area contributed by atoms with Crippen molar-refractivity contribution in [2.75, 3.05) is 18.5 Å². The summed E-state index contributed by atoms with van der Waals surface area (Å²) in [6, 6.07) is 19.9. The van der Waals surface area contributed by atoms with Gasteiger partial charge in [0.05, 0.1) is 18.7 Å². The van der Waals surface area contributed by atoms with Crippen LogP contribution in [0.15, 0.2) is 60.7 Å². The third kappa shape index (κ3) is 5.20. The Labute approximate surface area is 203 Å². The van der Waals surface area contributed by atoms with Gasteiger partial charge in [-0.1, -0.05) is 60.7 Å². The van der Waals surface area contributed by atoms with Crippen LogP contribution in [0.5, 0.6) is 0 Å². The standard InChI is InChI=1S/C27H28N2O4S/c1-3-33-27(32)25-21-14-15-29(18(2)30)17-23(21)34-26(25)28-24(31)16-22(19-10-6-4-7-11-19)20-12-8-5-9-13-20/h4-13,22H,3,14-17H2,1-2H3,(H,28,31). The number of ether oxygens (including phenoxy) is 1. The molecular formula is C27H28N2O4S. The van der Waals surface area contributed by atoms with E-state index in [0.29, 0.717) is 30.1 Å². The molecule has 2 amide bonds. The summed E-state index contributed by atoms with van der Waals surface area (Å²) in [5.74, 6) is -0.730. The summed E-state index contributed by atoms with van der Waals surface area (Å²) in [5, 5.41) is 3.50. The lowest BCUT2D eigenvalue weighted by Gasteiger charge is -2.25. The molecule has 1 N–H and O–H groups in total. The third-order valence-corrected chi connectivity index (χ3v) is 7.16. The summed E-state index contributed by atoms with van der Waals surface area (Å²) in [6.45, 7) is 4.54. The maximum Gasteiger partial charge on any atom is 0.341 e. The van der Waals surface area contributed by atoms with E-state index < -0.39 is 5.97 Å². The molecule has 1 aliphatic rings. The quantitative estimate of drug-likeness (QED) is 0.488. The van der Waals surface area contributed by atoms with Gasteiger partial charge in [-0.15, -0.1) is 11.3 Å². The Kier molecular flexibility index (Phi) is 7.43. The van der Waals surface area contributed by atoms with Crippen molar-refractivity contribution >= 4 is 34.1 Å². The molecule has 6 nitrogen and oxygen atoms in total. The van der Waals surface area contributed by atoms with Crippen LogP contribution in [0.3, 0.4) is 0 Å². The van der Waals surface area contributed by atoms with Crippen LogP contribution in [0.25, 0.3) is 0 Å². The highest BCUT2D eigenvalue weighted by atomic mass is 32.1. The van der Waals surface area contributed by atoms with Gasteiger partial charge in [0.15, 0.2) is 0 Å². The van der Waals surface area contributed by atoms with Gasteiger partial charge >= 0.3 is 5.97 Å². The topological polar surface area (TPSA) is 75.7 Å². The number of esters is 1. The minimum atomic E-state index is -0.436. The molecule has 0 aliphatic carbocycles. The second kappa shape index (κ2) is 10.7. The molecule has 3 aromatic rings. The Morgan fingerprint density at radius 1 is 1.03 bits per heavy atom. The number of carbonyl (C=O) groups is 3. The van der Waals surface area contributed by atoms with E-state index >= 15 is 0 Å². The minimum Gasteiger partial charge on any atom is -0.462 e. The van der Waals surface area contributed by atoms with Crippen molar-refractivity contribution in [2.24, 2.45) is 0 Å². The van der Waals surface area contributed by atoms with E-state index in [0.717, 1.165) is 21.6 Å². The van der Waals surface area contributed by atoms with Gasteiger partial charge in [0.1, 0.15) is 5.00 Å². The average molecular weight is 477 g/mol. The lowest BCUT2D eigenvalue weighted by molar-refractivity contribution is -0.129. The van der Waals surface area contributed by atoms with Crippen LogP contribution in [0.2, 0.25) is 0 Å². The van der Waals surface area contributed by atoms with Gasteiger partial charge in [-0.2, -0.15) is 0 Å². The van der Waals surface area contributed by atoms with Crippen LogP contribution >= 0.6 is 11.3 Å². The first-order chi connectivity index (χ1) is 16.5. The number of rotatable bonds is 7. The molecule has 34 heavy (non-hydrogen) atoms. The summed E-state index contributed by atoms with van der Waals surface area (Å²) in [5.41, 5.74) is 3.40. The number of nitrogens with zero attached hydrogens (tertiary/aromatic N) is 1. The predicted octanol–water partition coefficient (Wildman–Crippen LogP) is 4.99. The van der Waals surface area contributed by atoms with Crippen LogP contribution in [0.1, 0.15) is 58.1 Å². The Hall–Kier alpha value is -3.45. The maximum atomic E-state index is 13.3. The molecule has 0 unspecified atom stereocenters. The molecule has 2 heterocycles. The lowest BCUT2D eigenvalue weighted by atomic mass is 9.88. The van der Waals surface area contributed by atoms with E-state index in [-0.39, 0.29) is 30.8 Å². The number of benzene rings is 2. The number of anilines is 1. The minimum absolute atomic E-state index is 0.00381. The molecule has 0 spiro atoms. The molecular weight excluding hydrogens is 448 g/mol. The maximum absolute atomic E-state index is 13.3. The highest BCUT2D eigenvalue weighted by Gasteiger charge is 2.30. The number of nitrogens with one attached hydrogen (secondary N) is 1. The van der Waals surface area contributed by atoms with Crippen molar-refractivity contribution in [1.82, 2.24) is 4.90 Å². The van der Waals surface area contributed by atoms with Gasteiger partial charge in [-0.05, 0) is 30.0 Å². The van der Waals surface area contributed by atoms with Crippen molar-refractivity contribution in [3.63, 3.8) is 0 Å². The van der Waals surface area contributed by atoms with Gasteiger partial charge in [-0.3, -0.25) is 9.59 Å². The fourth-order valence-electron chi connectivity index (χ4n) is 4.34. The Balaban J connectivity index is 1.61. The monoisotopic (exact) mass is 476 g/mol. The van der Waals surface area contributed by atoms with Crippen molar-refractivity contribution in [1.29, 1.82) is 0 Å². The van der Waals surface area contributed by atoms with Crippen LogP contribution in [0, 0.1) is 0 Å². The molecule has 0 atom stereocenters. The lowest BCUT2D eigenvalue weighted by Crippen LogP contribution is -2.34. The van der Waals surface area contributed by atoms with E-state index in [9.17, 15) is 14.4 Å². The zero-order chi connectivity index (χ0) is 24.1. The molecule has 1 aliphatic heterocycles. The number of amides is 2. The Morgan fingerprint density at radius 3 is 2.21 bits per heavy atom. The van der Waals surface area contributed by atoms with E-state index in [1.165, 1.54) is 11.3 Å². The largest absolute Gasteiger partial charge is 0.462 e. The van der Waals surface area contributed by atoms with Gasteiger partial charge in [0.2, 0.25) is 11.8 Å². The number of fused-ring (bicyclic) bond motifs is 1. The molecule has 0 radical (unpaired) electrons. The fourth-order valence-corrected chi connectivity index (χ4v) is 5.61. The van der Waals surface area contributed by atoms with Crippen LogP contribution < -0.4 is 5.32 Å². The summed E-state index contributed by atoms with van der Waals surface area (Å²) in [6.07, 6.45) is 0.796. The third-order valence-electron chi connectivity index (χ3n) is 6.03. The predicted molar refractivity (Wildman–Crippen MR) is 133 cm³/mol. The Morgan fingerprint density at radius 2 is 1.65 bits per heavy atom. The normalized spacial score (nSPS) is 12.9. The molecule has 0 fully saturated rings. The van der Waals surface area contributed by atoms with Crippen molar-refractivity contribution in [3.05, 3.63) is 87.8 Å². The molecule has 4 rings (SSSR count). The van der Waals surface area contributed by atoms with Crippen molar-refractivity contribution in [2.45, 2.75) is 39.2 Å². The first-order valence-corrected chi connectivity index (χ1v) is 12.3. The SMILES string of the molecule is CCOC(=O)c1c(NC(=O)CC(c2ccccc2)c2ccccc2)sc2c1CCN(C(C)=O)C2. The summed E-state index contributed by atoms with van der Waals surface area (Å²) >= 11 is 1.36. The van der Waals surface area contributed by atoms with Crippen LogP contribution in [-0.2, 0) is 27.3 Å². The van der Waals surface area contributed by atoms with E-state index in [1.54, 1.807) is 18.7 Å². The van der Waals surface area contributed by atoms with Crippen LogP contribution in [-0.4, -0.2) is 35.8 Å². The fraction of sp³-hybridized carbons (Fsp3) is 0.296. The number of carbonyl (C=O) groups excluding carboxylic acids is 3. The summed E-state index contributed by atoms with van der Waals surface area (Å²) in [7, 11) is 0. The van der Waals surface area contributed by atoms with E-state index in [2.05, 4.69) is 5.32 Å². The number of hydrogen-bond donors (Lipinski definition) is 1. The molecule has 0 saturated carbocycles. The smallest absolute Gasteiger partial charge is 0.341 e. The van der Waals surface area contributed by atoms with Gasteiger partial charge in [0, 0.05) is 30.7 Å². The second-order valence-electron chi connectivity index (χ2n) is 8.25. The molecule has 176 valence electrons. The highest BCUT2D eigenvalue weighted by molar-refractivity contribution is 7.17. The first kappa shape index (κ1) is 23.7. The molecule has 2 aromatic carbocycles. The molecule has 0 bridgehead atoms. The van der Waals surface area contributed by atoms with Crippen molar-refractivity contribution < 1.29 is 19.1 Å². The zero-order valence-corrected chi connectivity index (χ0v) is 20.2. The Bertz CT molecular complexity index is 1130. The molecule has 1 aromatic heterocycles. The number of hydrogen-bond acceptors (Lipinski definition) is 5. The molecule has 0 saturated heterocycles. The van der Waals surface area contributed by atoms with Gasteiger partial charge in [-0.25, -0.2) is 4.79 Å². The molecule has 7 heteroatoms. The second-order valence-corrected chi connectivity index (χ2v) is 9.35. The zero-order valence-electron chi connectivity index (χ0n) is 19.4. The summed E-state index contributed by atoms with van der Waals surface area (Å²) in [4.78, 5) is 40.6. The van der Waals surface area contributed by atoms with Crippen LogP contribution in [0.4, 0.5) is 5.00 Å². The number of thiophene rings is 1. The first-order valence-electron chi connectivity index (χ1n) is 11.4. The van der Waals surface area contributed by atoms with Gasteiger partial charge in [0.25, 0.3) is 0 Å².